The normalized spacial score (nSPS) is 10.8. The molecule has 5 heteroatoms. The Bertz CT molecular complexity index is 522. The van der Waals surface area contributed by atoms with Crippen LogP contribution in [-0.4, -0.2) is 28.0 Å². The lowest BCUT2D eigenvalue weighted by Gasteiger charge is -2.14. The van der Waals surface area contributed by atoms with Crippen molar-refractivity contribution < 1.29 is 14.3 Å². The molecule has 0 fully saturated rings. The van der Waals surface area contributed by atoms with Crippen molar-refractivity contribution in [3.8, 4) is 0 Å². The Labute approximate surface area is 105 Å². The SMILES string of the molecule is CN(Cc1ccncc1)Cc1cc(C(=O)O)co1. The summed E-state index contributed by atoms with van der Waals surface area (Å²) < 4.78 is 5.20. The Hall–Kier alpha value is -2.14. The quantitative estimate of drug-likeness (QED) is 0.874. The second kappa shape index (κ2) is 5.46. The summed E-state index contributed by atoms with van der Waals surface area (Å²) in [4.78, 5) is 16.7. The summed E-state index contributed by atoms with van der Waals surface area (Å²) in [5.41, 5.74) is 1.33. The van der Waals surface area contributed by atoms with Crippen molar-refractivity contribution in [3.63, 3.8) is 0 Å². The number of furan rings is 1. The maximum absolute atomic E-state index is 10.7. The minimum absolute atomic E-state index is 0.183. The molecular weight excluding hydrogens is 232 g/mol. The van der Waals surface area contributed by atoms with Crippen molar-refractivity contribution in [1.29, 1.82) is 0 Å². The summed E-state index contributed by atoms with van der Waals surface area (Å²) in [6.07, 6.45) is 4.76. The van der Waals surface area contributed by atoms with Crippen molar-refractivity contribution >= 4 is 5.97 Å². The highest BCUT2D eigenvalue weighted by molar-refractivity contribution is 5.87. The number of carboxylic acid groups (broad SMARTS) is 1. The Morgan fingerprint density at radius 2 is 2.11 bits per heavy atom. The van der Waals surface area contributed by atoms with Crippen LogP contribution in [0.3, 0.4) is 0 Å². The van der Waals surface area contributed by atoms with Crippen molar-refractivity contribution in [1.82, 2.24) is 9.88 Å². The molecule has 0 saturated heterocycles. The molecule has 0 saturated carbocycles. The third-order valence-electron chi connectivity index (χ3n) is 2.53. The Balaban J connectivity index is 1.94. The zero-order valence-corrected chi connectivity index (χ0v) is 10.0. The minimum Gasteiger partial charge on any atom is -0.478 e. The van der Waals surface area contributed by atoms with Crippen LogP contribution < -0.4 is 0 Å². The van der Waals surface area contributed by atoms with Gasteiger partial charge in [-0.05, 0) is 30.8 Å². The minimum atomic E-state index is -0.971. The molecule has 0 spiro atoms. The first-order valence-electron chi connectivity index (χ1n) is 5.53. The third-order valence-corrected chi connectivity index (χ3v) is 2.53. The van der Waals surface area contributed by atoms with E-state index in [9.17, 15) is 4.79 Å². The molecule has 2 rings (SSSR count). The Kier molecular flexibility index (Phi) is 3.74. The molecule has 1 N–H and O–H groups in total. The molecule has 0 aliphatic rings. The molecule has 0 radical (unpaired) electrons. The predicted octanol–water partition coefficient (Wildman–Crippen LogP) is 2.00. The zero-order valence-electron chi connectivity index (χ0n) is 10.0. The number of aromatic nitrogens is 1. The molecule has 18 heavy (non-hydrogen) atoms. The first-order chi connectivity index (χ1) is 8.65. The molecule has 0 atom stereocenters. The van der Waals surface area contributed by atoms with E-state index in [2.05, 4.69) is 4.98 Å². The standard InChI is InChI=1S/C13H14N2O3/c1-15(7-10-2-4-14-5-3-10)8-12-6-11(9-18-12)13(16)17/h2-6,9H,7-8H2,1H3,(H,16,17). The average molecular weight is 246 g/mol. The largest absolute Gasteiger partial charge is 0.478 e. The first-order valence-corrected chi connectivity index (χ1v) is 5.53. The lowest BCUT2D eigenvalue weighted by atomic mass is 10.2. The van der Waals surface area contributed by atoms with Crippen molar-refractivity contribution in [2.24, 2.45) is 0 Å². The van der Waals surface area contributed by atoms with Crippen molar-refractivity contribution in [2.45, 2.75) is 13.1 Å². The average Bonchev–Trinajstić information content (AvgIpc) is 2.78. The summed E-state index contributed by atoms with van der Waals surface area (Å²) in [6, 6.07) is 5.44. The Morgan fingerprint density at radius 1 is 1.39 bits per heavy atom. The van der Waals surface area contributed by atoms with E-state index in [0.29, 0.717) is 12.3 Å². The smallest absolute Gasteiger partial charge is 0.338 e. The lowest BCUT2D eigenvalue weighted by molar-refractivity contribution is 0.0696. The van der Waals surface area contributed by atoms with Gasteiger partial charge in [-0.3, -0.25) is 9.88 Å². The van der Waals surface area contributed by atoms with E-state index in [0.717, 1.165) is 12.1 Å². The topological polar surface area (TPSA) is 66.6 Å². The monoisotopic (exact) mass is 246 g/mol. The van der Waals surface area contributed by atoms with E-state index in [1.807, 2.05) is 24.1 Å². The second-order valence-electron chi connectivity index (χ2n) is 4.13. The summed E-state index contributed by atoms with van der Waals surface area (Å²) in [6.45, 7) is 1.32. The molecule has 2 aromatic rings. The maximum atomic E-state index is 10.7. The number of carbonyl (C=O) groups is 1. The van der Waals surface area contributed by atoms with Gasteiger partial charge in [-0.15, -0.1) is 0 Å². The number of pyridine rings is 1. The van der Waals surface area contributed by atoms with Crippen molar-refractivity contribution in [3.05, 3.63) is 53.7 Å². The van der Waals surface area contributed by atoms with E-state index >= 15 is 0 Å². The fraction of sp³-hybridized carbons (Fsp3) is 0.231. The van der Waals surface area contributed by atoms with Crippen LogP contribution in [0.2, 0.25) is 0 Å². The van der Waals surface area contributed by atoms with Gasteiger partial charge in [0.05, 0.1) is 12.1 Å². The number of hydrogen-bond donors (Lipinski definition) is 1. The highest BCUT2D eigenvalue weighted by Gasteiger charge is 2.10. The van der Waals surface area contributed by atoms with Crippen LogP contribution in [-0.2, 0) is 13.1 Å². The molecule has 5 nitrogen and oxygen atoms in total. The number of carboxylic acids is 1. The van der Waals surface area contributed by atoms with Gasteiger partial charge >= 0.3 is 5.97 Å². The number of hydrogen-bond acceptors (Lipinski definition) is 4. The number of rotatable bonds is 5. The maximum Gasteiger partial charge on any atom is 0.338 e. The van der Waals surface area contributed by atoms with Gasteiger partial charge in [-0.2, -0.15) is 0 Å². The molecule has 0 amide bonds. The summed E-state index contributed by atoms with van der Waals surface area (Å²) >= 11 is 0. The number of nitrogens with zero attached hydrogens (tertiary/aromatic N) is 2. The molecular formula is C13H14N2O3. The number of aromatic carboxylic acids is 1. The molecule has 0 bridgehead atoms. The zero-order chi connectivity index (χ0) is 13.0. The predicted molar refractivity (Wildman–Crippen MR) is 65.1 cm³/mol. The van der Waals surface area contributed by atoms with E-state index in [1.54, 1.807) is 18.5 Å². The van der Waals surface area contributed by atoms with E-state index in [1.165, 1.54) is 6.26 Å². The van der Waals surface area contributed by atoms with Crippen LogP contribution in [0.1, 0.15) is 21.7 Å². The molecule has 0 aromatic carbocycles. The summed E-state index contributed by atoms with van der Waals surface area (Å²) in [5.74, 6) is -0.328. The van der Waals surface area contributed by atoms with Gasteiger partial charge in [0.1, 0.15) is 12.0 Å². The van der Waals surface area contributed by atoms with Crippen LogP contribution >= 0.6 is 0 Å². The first kappa shape index (κ1) is 12.3. The van der Waals surface area contributed by atoms with Crippen molar-refractivity contribution in [2.75, 3.05) is 7.05 Å². The third kappa shape index (κ3) is 3.18. The van der Waals surface area contributed by atoms with E-state index in [-0.39, 0.29) is 5.56 Å². The van der Waals surface area contributed by atoms with Gasteiger partial charge in [-0.1, -0.05) is 0 Å². The van der Waals surface area contributed by atoms with Crippen LogP contribution in [0.5, 0.6) is 0 Å². The molecule has 2 aromatic heterocycles. The molecule has 2 heterocycles. The van der Waals surface area contributed by atoms with Gasteiger partial charge in [-0.25, -0.2) is 4.79 Å². The van der Waals surface area contributed by atoms with Gasteiger partial charge in [0.15, 0.2) is 0 Å². The van der Waals surface area contributed by atoms with E-state index in [4.69, 9.17) is 9.52 Å². The fourth-order valence-electron chi connectivity index (χ4n) is 1.70. The Morgan fingerprint density at radius 3 is 2.72 bits per heavy atom. The van der Waals surface area contributed by atoms with Gasteiger partial charge < -0.3 is 9.52 Å². The van der Waals surface area contributed by atoms with Gasteiger partial charge in [0.25, 0.3) is 0 Å². The molecule has 0 aliphatic carbocycles. The van der Waals surface area contributed by atoms with Crippen LogP contribution in [0, 0.1) is 0 Å². The van der Waals surface area contributed by atoms with Crippen LogP contribution in [0.4, 0.5) is 0 Å². The van der Waals surface area contributed by atoms with Crippen LogP contribution in [0.15, 0.2) is 41.3 Å². The van der Waals surface area contributed by atoms with Gasteiger partial charge in [0.2, 0.25) is 0 Å². The summed E-state index contributed by atoms with van der Waals surface area (Å²) in [5, 5.41) is 8.79. The molecule has 94 valence electrons. The second-order valence-corrected chi connectivity index (χ2v) is 4.13. The fourth-order valence-corrected chi connectivity index (χ4v) is 1.70. The lowest BCUT2D eigenvalue weighted by Crippen LogP contribution is -2.16. The highest BCUT2D eigenvalue weighted by atomic mass is 16.4. The summed E-state index contributed by atoms with van der Waals surface area (Å²) in [7, 11) is 1.95. The van der Waals surface area contributed by atoms with Crippen LogP contribution in [0.25, 0.3) is 0 Å². The molecule has 0 aliphatic heterocycles. The van der Waals surface area contributed by atoms with Gasteiger partial charge in [0, 0.05) is 18.9 Å². The van der Waals surface area contributed by atoms with E-state index < -0.39 is 5.97 Å². The molecule has 0 unspecified atom stereocenters. The highest BCUT2D eigenvalue weighted by Crippen LogP contribution is 2.11.